The second-order valence-electron chi connectivity index (χ2n) is 4.17. The van der Waals surface area contributed by atoms with Gasteiger partial charge in [-0.25, -0.2) is 0 Å². The zero-order valence-corrected chi connectivity index (χ0v) is 9.91. The smallest absolute Gasteiger partial charge is 0.251 e. The Labute approximate surface area is 95.9 Å². The number of carbonyl (C=O) groups excluding carboxylic acids is 2. The van der Waals surface area contributed by atoms with E-state index in [1.807, 2.05) is 32.9 Å². The van der Waals surface area contributed by atoms with Crippen LogP contribution in [-0.4, -0.2) is 18.2 Å². The molecule has 1 N–H and O–H groups in total. The Morgan fingerprint density at radius 2 is 2.00 bits per heavy atom. The summed E-state index contributed by atoms with van der Waals surface area (Å²) >= 11 is 0. The van der Waals surface area contributed by atoms with E-state index < -0.39 is 0 Å². The van der Waals surface area contributed by atoms with E-state index in [1.54, 1.807) is 12.1 Å². The molecule has 0 saturated heterocycles. The van der Waals surface area contributed by atoms with E-state index in [4.69, 9.17) is 0 Å². The Morgan fingerprint density at radius 3 is 2.56 bits per heavy atom. The topological polar surface area (TPSA) is 46.2 Å². The molecule has 16 heavy (non-hydrogen) atoms. The van der Waals surface area contributed by atoms with Gasteiger partial charge < -0.3 is 5.32 Å². The standard InChI is InChI=1S/C13H17NO2/c1-9(2)12(15)8-14-13(16)11-6-4-5-10(3)7-11/h4-7,9H,8H2,1-3H3,(H,14,16). The summed E-state index contributed by atoms with van der Waals surface area (Å²) in [6.07, 6.45) is 0. The summed E-state index contributed by atoms with van der Waals surface area (Å²) < 4.78 is 0. The van der Waals surface area contributed by atoms with Gasteiger partial charge in [-0.05, 0) is 19.1 Å². The molecule has 3 nitrogen and oxygen atoms in total. The Balaban J connectivity index is 2.57. The van der Waals surface area contributed by atoms with Crippen molar-refractivity contribution in [1.82, 2.24) is 5.32 Å². The highest BCUT2D eigenvalue weighted by Gasteiger charge is 2.10. The lowest BCUT2D eigenvalue weighted by Crippen LogP contribution is -2.31. The highest BCUT2D eigenvalue weighted by Crippen LogP contribution is 2.03. The summed E-state index contributed by atoms with van der Waals surface area (Å²) in [5, 5.41) is 2.62. The van der Waals surface area contributed by atoms with Crippen molar-refractivity contribution < 1.29 is 9.59 Å². The van der Waals surface area contributed by atoms with E-state index in [0.29, 0.717) is 5.56 Å². The van der Waals surface area contributed by atoms with Gasteiger partial charge in [-0.3, -0.25) is 9.59 Å². The van der Waals surface area contributed by atoms with Crippen LogP contribution in [0, 0.1) is 12.8 Å². The lowest BCUT2D eigenvalue weighted by atomic mass is 10.1. The molecule has 1 rings (SSSR count). The highest BCUT2D eigenvalue weighted by atomic mass is 16.2. The maximum Gasteiger partial charge on any atom is 0.251 e. The van der Waals surface area contributed by atoms with Crippen molar-refractivity contribution in [3.8, 4) is 0 Å². The lowest BCUT2D eigenvalue weighted by Gasteiger charge is -2.06. The van der Waals surface area contributed by atoms with E-state index in [2.05, 4.69) is 5.32 Å². The third-order valence-corrected chi connectivity index (χ3v) is 2.35. The molecular weight excluding hydrogens is 202 g/mol. The van der Waals surface area contributed by atoms with E-state index in [-0.39, 0.29) is 24.2 Å². The van der Waals surface area contributed by atoms with Crippen molar-refractivity contribution in [3.63, 3.8) is 0 Å². The minimum Gasteiger partial charge on any atom is -0.345 e. The maximum absolute atomic E-state index is 11.7. The number of hydrogen-bond acceptors (Lipinski definition) is 2. The third-order valence-electron chi connectivity index (χ3n) is 2.35. The number of rotatable bonds is 4. The molecule has 0 atom stereocenters. The molecule has 0 aliphatic heterocycles. The van der Waals surface area contributed by atoms with Crippen molar-refractivity contribution in [1.29, 1.82) is 0 Å². The zero-order valence-electron chi connectivity index (χ0n) is 9.91. The molecule has 0 bridgehead atoms. The fraction of sp³-hybridized carbons (Fsp3) is 0.385. The van der Waals surface area contributed by atoms with Crippen LogP contribution in [0.3, 0.4) is 0 Å². The second kappa shape index (κ2) is 5.45. The van der Waals surface area contributed by atoms with Crippen LogP contribution in [0.25, 0.3) is 0 Å². The summed E-state index contributed by atoms with van der Waals surface area (Å²) in [5.74, 6) is -0.198. The monoisotopic (exact) mass is 219 g/mol. The van der Waals surface area contributed by atoms with Crippen molar-refractivity contribution in [2.24, 2.45) is 5.92 Å². The Morgan fingerprint density at radius 1 is 1.31 bits per heavy atom. The minimum atomic E-state index is -0.197. The quantitative estimate of drug-likeness (QED) is 0.841. The Kier molecular flexibility index (Phi) is 4.23. The molecule has 0 aromatic heterocycles. The number of ketones is 1. The number of carbonyl (C=O) groups is 2. The van der Waals surface area contributed by atoms with Crippen LogP contribution in [0.1, 0.15) is 29.8 Å². The predicted octanol–water partition coefficient (Wildman–Crippen LogP) is 1.95. The molecule has 0 heterocycles. The molecule has 0 radical (unpaired) electrons. The summed E-state index contributed by atoms with van der Waals surface area (Å²) in [6, 6.07) is 7.29. The molecule has 86 valence electrons. The van der Waals surface area contributed by atoms with Crippen molar-refractivity contribution in [3.05, 3.63) is 35.4 Å². The first kappa shape index (κ1) is 12.4. The van der Waals surface area contributed by atoms with Gasteiger partial charge in [0.15, 0.2) is 5.78 Å². The van der Waals surface area contributed by atoms with Gasteiger partial charge in [-0.15, -0.1) is 0 Å². The van der Waals surface area contributed by atoms with Crippen molar-refractivity contribution in [2.75, 3.05) is 6.54 Å². The number of Topliss-reactive ketones (excluding diaryl/α,β-unsaturated/α-hetero) is 1. The molecule has 1 amide bonds. The van der Waals surface area contributed by atoms with Crippen LogP contribution in [0.15, 0.2) is 24.3 Å². The fourth-order valence-electron chi connectivity index (χ4n) is 1.26. The Bertz CT molecular complexity index is 397. The molecule has 1 aromatic carbocycles. The first-order chi connectivity index (χ1) is 7.50. The molecule has 3 heteroatoms. The van der Waals surface area contributed by atoms with Gasteiger partial charge in [-0.1, -0.05) is 31.5 Å². The summed E-state index contributed by atoms with van der Waals surface area (Å²) in [5.41, 5.74) is 1.62. The van der Waals surface area contributed by atoms with Crippen LogP contribution in [0.5, 0.6) is 0 Å². The highest BCUT2D eigenvalue weighted by molar-refractivity contribution is 5.97. The molecular formula is C13H17NO2. The van der Waals surface area contributed by atoms with Gasteiger partial charge in [-0.2, -0.15) is 0 Å². The summed E-state index contributed by atoms with van der Waals surface area (Å²) in [7, 11) is 0. The van der Waals surface area contributed by atoms with Crippen LogP contribution >= 0.6 is 0 Å². The van der Waals surface area contributed by atoms with Crippen molar-refractivity contribution in [2.45, 2.75) is 20.8 Å². The van der Waals surface area contributed by atoms with Gasteiger partial charge in [0.1, 0.15) is 0 Å². The van der Waals surface area contributed by atoms with Gasteiger partial charge >= 0.3 is 0 Å². The molecule has 0 unspecified atom stereocenters. The van der Waals surface area contributed by atoms with Gasteiger partial charge in [0, 0.05) is 11.5 Å². The summed E-state index contributed by atoms with van der Waals surface area (Å²) in [4.78, 5) is 23.0. The molecule has 0 saturated carbocycles. The first-order valence-corrected chi connectivity index (χ1v) is 5.38. The largest absolute Gasteiger partial charge is 0.345 e. The average molecular weight is 219 g/mol. The number of amides is 1. The molecule has 1 aromatic rings. The van der Waals surface area contributed by atoms with Gasteiger partial charge in [0.2, 0.25) is 0 Å². The van der Waals surface area contributed by atoms with Gasteiger partial charge in [0.05, 0.1) is 6.54 Å². The lowest BCUT2D eigenvalue weighted by molar-refractivity contribution is -0.120. The second-order valence-corrected chi connectivity index (χ2v) is 4.17. The molecule has 0 aliphatic rings. The van der Waals surface area contributed by atoms with Crippen LogP contribution in [-0.2, 0) is 4.79 Å². The molecule has 0 spiro atoms. The van der Waals surface area contributed by atoms with E-state index in [1.165, 1.54) is 0 Å². The number of nitrogens with one attached hydrogen (secondary N) is 1. The number of benzene rings is 1. The van der Waals surface area contributed by atoms with E-state index in [9.17, 15) is 9.59 Å². The first-order valence-electron chi connectivity index (χ1n) is 5.38. The van der Waals surface area contributed by atoms with E-state index >= 15 is 0 Å². The SMILES string of the molecule is Cc1cccc(C(=O)NCC(=O)C(C)C)c1. The fourth-order valence-corrected chi connectivity index (χ4v) is 1.26. The maximum atomic E-state index is 11.7. The van der Waals surface area contributed by atoms with Crippen LogP contribution in [0.4, 0.5) is 0 Å². The normalized spacial score (nSPS) is 10.2. The third kappa shape index (κ3) is 3.50. The summed E-state index contributed by atoms with van der Waals surface area (Å²) in [6.45, 7) is 5.67. The minimum absolute atomic E-state index is 0.0426. The number of hydrogen-bond donors (Lipinski definition) is 1. The van der Waals surface area contributed by atoms with E-state index in [0.717, 1.165) is 5.56 Å². The molecule has 0 aliphatic carbocycles. The Hall–Kier alpha value is -1.64. The van der Waals surface area contributed by atoms with Crippen LogP contribution < -0.4 is 5.32 Å². The predicted molar refractivity (Wildman–Crippen MR) is 63.4 cm³/mol. The zero-order chi connectivity index (χ0) is 12.1. The van der Waals surface area contributed by atoms with Gasteiger partial charge in [0.25, 0.3) is 5.91 Å². The van der Waals surface area contributed by atoms with Crippen molar-refractivity contribution >= 4 is 11.7 Å². The average Bonchev–Trinajstić information content (AvgIpc) is 2.25. The number of aryl methyl sites for hydroxylation is 1. The molecule has 0 fully saturated rings. The van der Waals surface area contributed by atoms with Crippen LogP contribution in [0.2, 0.25) is 0 Å².